The molecule has 0 unspecified atom stereocenters. The lowest BCUT2D eigenvalue weighted by molar-refractivity contribution is -0.130. The van der Waals surface area contributed by atoms with Gasteiger partial charge in [-0.3, -0.25) is 4.79 Å². The quantitative estimate of drug-likeness (QED) is 0.566. The van der Waals surface area contributed by atoms with Gasteiger partial charge in [-0.2, -0.15) is 0 Å². The Morgan fingerprint density at radius 1 is 1.31 bits per heavy atom. The number of fused-ring (bicyclic) bond motifs is 1. The van der Waals surface area contributed by atoms with Crippen molar-refractivity contribution in [1.82, 2.24) is 14.9 Å². The highest BCUT2D eigenvalue weighted by atomic mass is 32.2. The fraction of sp³-hybridized carbons (Fsp3) is 0.588. The summed E-state index contributed by atoms with van der Waals surface area (Å²) in [5, 5.41) is 1.50. The Labute approximate surface area is 162 Å². The van der Waals surface area contributed by atoms with E-state index in [0.29, 0.717) is 12.2 Å². The van der Waals surface area contributed by atoms with Crippen molar-refractivity contribution < 1.29 is 13.2 Å². The van der Waals surface area contributed by atoms with E-state index in [4.69, 9.17) is 0 Å². The molecule has 3 heterocycles. The van der Waals surface area contributed by atoms with Crippen LogP contribution in [0.3, 0.4) is 0 Å². The second-order valence-corrected chi connectivity index (χ2v) is 11.6. The Morgan fingerprint density at radius 2 is 2.00 bits per heavy atom. The van der Waals surface area contributed by atoms with Gasteiger partial charge in [-0.15, -0.1) is 11.3 Å². The highest BCUT2D eigenvalue weighted by Gasteiger charge is 2.34. The van der Waals surface area contributed by atoms with Gasteiger partial charge in [0, 0.05) is 23.4 Å². The van der Waals surface area contributed by atoms with Crippen molar-refractivity contribution >= 4 is 49.1 Å². The zero-order valence-corrected chi connectivity index (χ0v) is 18.0. The number of aryl methyl sites for hydroxylation is 3. The molecule has 0 radical (unpaired) electrons. The summed E-state index contributed by atoms with van der Waals surface area (Å²) in [4.78, 5) is 25.7. The molecular formula is C17H23N3O3S3. The zero-order valence-electron chi connectivity index (χ0n) is 15.6. The van der Waals surface area contributed by atoms with Gasteiger partial charge in [0.15, 0.2) is 9.84 Å². The molecule has 0 spiro atoms. The van der Waals surface area contributed by atoms with E-state index in [1.54, 1.807) is 23.3 Å². The van der Waals surface area contributed by atoms with Crippen LogP contribution in [0.25, 0.3) is 10.2 Å². The van der Waals surface area contributed by atoms with Crippen LogP contribution in [0.2, 0.25) is 0 Å². The number of aromatic nitrogens is 2. The number of hydrogen-bond donors (Lipinski definition) is 0. The molecule has 1 saturated heterocycles. The fourth-order valence-corrected chi connectivity index (χ4v) is 7.23. The predicted molar refractivity (Wildman–Crippen MR) is 107 cm³/mol. The lowest BCUT2D eigenvalue weighted by atomic mass is 10.2. The third-order valence-corrected chi connectivity index (χ3v) is 8.77. The van der Waals surface area contributed by atoms with E-state index in [9.17, 15) is 13.2 Å². The minimum atomic E-state index is -3.02. The standard InChI is InChI=1S/C17H23N3O3S3/c1-9-10(2)24-15-14(9)16(19-12(4)18-15)25-11(3)17(21)20(5)13-6-7-26(22,23)8-13/h11,13H,6-8H2,1-5H3/t11-,13-/m0/s1. The largest absolute Gasteiger partial charge is 0.341 e. The molecule has 0 aliphatic carbocycles. The van der Waals surface area contributed by atoms with Crippen LogP contribution in [-0.2, 0) is 14.6 Å². The Morgan fingerprint density at radius 3 is 2.62 bits per heavy atom. The zero-order chi connectivity index (χ0) is 19.2. The molecule has 1 fully saturated rings. The first-order chi connectivity index (χ1) is 12.1. The van der Waals surface area contributed by atoms with Gasteiger partial charge in [0.05, 0.1) is 16.8 Å². The topological polar surface area (TPSA) is 80.2 Å². The Kier molecular flexibility index (Phi) is 5.33. The monoisotopic (exact) mass is 413 g/mol. The summed E-state index contributed by atoms with van der Waals surface area (Å²) < 4.78 is 23.4. The number of carbonyl (C=O) groups excluding carboxylic acids is 1. The smallest absolute Gasteiger partial charge is 0.235 e. The molecule has 0 N–H and O–H groups in total. The summed E-state index contributed by atoms with van der Waals surface area (Å²) >= 11 is 3.07. The van der Waals surface area contributed by atoms with Crippen LogP contribution < -0.4 is 0 Å². The Bertz CT molecular complexity index is 969. The normalized spacial score (nSPS) is 20.4. The molecule has 0 saturated carbocycles. The average molecular weight is 414 g/mol. The summed E-state index contributed by atoms with van der Waals surface area (Å²) in [6.07, 6.45) is 0.516. The number of hydrogen-bond acceptors (Lipinski definition) is 7. The highest BCUT2D eigenvalue weighted by molar-refractivity contribution is 8.00. The molecule has 142 valence electrons. The number of thioether (sulfide) groups is 1. The first-order valence-corrected chi connectivity index (χ1v) is 12.0. The van der Waals surface area contributed by atoms with Gasteiger partial charge in [0.1, 0.15) is 15.7 Å². The average Bonchev–Trinajstić information content (AvgIpc) is 3.05. The molecular weight excluding hydrogens is 390 g/mol. The third kappa shape index (κ3) is 3.75. The summed E-state index contributed by atoms with van der Waals surface area (Å²) in [6.45, 7) is 7.83. The third-order valence-electron chi connectivity index (χ3n) is 4.85. The van der Waals surface area contributed by atoms with E-state index < -0.39 is 9.84 Å². The molecule has 3 rings (SSSR count). The van der Waals surface area contributed by atoms with Gasteiger partial charge in [-0.25, -0.2) is 18.4 Å². The molecule has 0 bridgehead atoms. The van der Waals surface area contributed by atoms with Crippen LogP contribution in [0, 0.1) is 20.8 Å². The van der Waals surface area contributed by atoms with Crippen molar-refractivity contribution in [3.8, 4) is 0 Å². The molecule has 2 atom stereocenters. The first-order valence-electron chi connectivity index (χ1n) is 8.47. The van der Waals surface area contributed by atoms with E-state index in [-0.39, 0.29) is 28.7 Å². The maximum Gasteiger partial charge on any atom is 0.235 e. The van der Waals surface area contributed by atoms with E-state index in [1.807, 2.05) is 13.8 Å². The number of nitrogens with zero attached hydrogens (tertiary/aromatic N) is 3. The number of carbonyl (C=O) groups is 1. The first kappa shape index (κ1) is 19.6. The van der Waals surface area contributed by atoms with Crippen LogP contribution >= 0.6 is 23.1 Å². The lowest BCUT2D eigenvalue weighted by Crippen LogP contribution is -2.41. The fourth-order valence-electron chi connectivity index (χ4n) is 3.17. The minimum absolute atomic E-state index is 0.0618. The number of amides is 1. The SMILES string of the molecule is Cc1nc(S[C@@H](C)C(=O)N(C)[C@H]2CCS(=O)(=O)C2)c2c(C)c(C)sc2n1. The summed E-state index contributed by atoms with van der Waals surface area (Å²) in [6, 6.07) is -0.229. The second-order valence-electron chi connectivity index (χ2n) is 6.81. The molecule has 1 aliphatic heterocycles. The predicted octanol–water partition coefficient (Wildman–Crippen LogP) is 2.74. The van der Waals surface area contributed by atoms with Crippen LogP contribution in [0.1, 0.15) is 29.6 Å². The maximum atomic E-state index is 12.8. The summed E-state index contributed by atoms with van der Waals surface area (Å²) in [5.74, 6) is 0.852. The molecule has 2 aromatic heterocycles. The molecule has 1 amide bonds. The molecule has 6 nitrogen and oxygen atoms in total. The number of sulfone groups is 1. The van der Waals surface area contributed by atoms with Crippen molar-refractivity contribution in [3.63, 3.8) is 0 Å². The molecule has 0 aromatic carbocycles. The van der Waals surface area contributed by atoms with Crippen molar-refractivity contribution in [2.45, 2.75) is 50.4 Å². The summed E-state index contributed by atoms with van der Waals surface area (Å²) in [7, 11) is -1.32. The van der Waals surface area contributed by atoms with Crippen molar-refractivity contribution in [2.24, 2.45) is 0 Å². The maximum absolute atomic E-state index is 12.8. The molecule has 26 heavy (non-hydrogen) atoms. The number of thiophene rings is 1. The highest BCUT2D eigenvalue weighted by Crippen LogP contribution is 2.37. The van der Waals surface area contributed by atoms with E-state index >= 15 is 0 Å². The van der Waals surface area contributed by atoms with Crippen LogP contribution in [0.5, 0.6) is 0 Å². The van der Waals surface area contributed by atoms with E-state index in [0.717, 1.165) is 20.8 Å². The van der Waals surface area contributed by atoms with Crippen LogP contribution in [-0.4, -0.2) is 59.0 Å². The van der Waals surface area contributed by atoms with Crippen molar-refractivity contribution in [1.29, 1.82) is 0 Å². The van der Waals surface area contributed by atoms with E-state index in [1.165, 1.54) is 16.6 Å². The second kappa shape index (κ2) is 7.09. The van der Waals surface area contributed by atoms with Crippen LogP contribution in [0.15, 0.2) is 5.03 Å². The Hall–Kier alpha value is -1.19. The Balaban J connectivity index is 1.82. The summed E-state index contributed by atoms with van der Waals surface area (Å²) in [5.41, 5.74) is 1.15. The van der Waals surface area contributed by atoms with Gasteiger partial charge in [-0.1, -0.05) is 11.8 Å². The van der Waals surface area contributed by atoms with E-state index in [2.05, 4.69) is 23.8 Å². The van der Waals surface area contributed by atoms with Gasteiger partial charge in [0.25, 0.3) is 0 Å². The van der Waals surface area contributed by atoms with Gasteiger partial charge in [-0.05, 0) is 39.7 Å². The van der Waals surface area contributed by atoms with Gasteiger partial charge < -0.3 is 4.90 Å². The van der Waals surface area contributed by atoms with Gasteiger partial charge in [0.2, 0.25) is 5.91 Å². The van der Waals surface area contributed by atoms with Crippen molar-refractivity contribution in [2.75, 3.05) is 18.6 Å². The molecule has 9 heteroatoms. The minimum Gasteiger partial charge on any atom is -0.341 e. The van der Waals surface area contributed by atoms with Gasteiger partial charge >= 0.3 is 0 Å². The van der Waals surface area contributed by atoms with Crippen molar-refractivity contribution in [3.05, 3.63) is 16.3 Å². The van der Waals surface area contributed by atoms with Crippen LogP contribution in [0.4, 0.5) is 0 Å². The lowest BCUT2D eigenvalue weighted by Gasteiger charge is -2.26. The molecule has 1 aliphatic rings. The molecule has 2 aromatic rings. The number of rotatable bonds is 4.